The highest BCUT2D eigenvalue weighted by Crippen LogP contribution is 2.43. The van der Waals surface area contributed by atoms with Crippen molar-refractivity contribution in [2.24, 2.45) is 5.92 Å². The second-order valence-electron chi connectivity index (χ2n) is 8.20. The molecule has 0 bridgehead atoms. The molecule has 0 unspecified atom stereocenters. The SMILES string of the molecule is [C-]#[N+]COc1ccc([C@@H]2CC[C@H](C[C@H](C)c3ccc(F)c4ccccc34)C2)cc1. The summed E-state index contributed by atoms with van der Waals surface area (Å²) >= 11 is 0. The van der Waals surface area contributed by atoms with Crippen LogP contribution in [0.1, 0.15) is 55.6 Å². The van der Waals surface area contributed by atoms with Crippen LogP contribution < -0.4 is 4.74 Å². The maximum Gasteiger partial charge on any atom is 0.357 e. The number of halogens is 1. The zero-order chi connectivity index (χ0) is 20.2. The number of hydrogen-bond donors (Lipinski definition) is 0. The van der Waals surface area contributed by atoms with E-state index in [2.05, 4.69) is 23.9 Å². The second-order valence-corrected chi connectivity index (χ2v) is 8.20. The first-order chi connectivity index (χ1) is 14.2. The minimum atomic E-state index is -0.138. The van der Waals surface area contributed by atoms with Crippen LogP contribution in [0.25, 0.3) is 15.6 Å². The number of rotatable bonds is 6. The molecule has 0 heterocycles. The molecule has 29 heavy (non-hydrogen) atoms. The highest BCUT2D eigenvalue weighted by Gasteiger charge is 2.27. The normalized spacial score (nSPS) is 19.8. The van der Waals surface area contributed by atoms with E-state index in [4.69, 9.17) is 11.3 Å². The summed E-state index contributed by atoms with van der Waals surface area (Å²) in [6, 6.07) is 19.6. The summed E-state index contributed by atoms with van der Waals surface area (Å²) in [4.78, 5) is 3.22. The van der Waals surface area contributed by atoms with Gasteiger partial charge in [0.1, 0.15) is 11.6 Å². The first-order valence-electron chi connectivity index (χ1n) is 10.4. The Morgan fingerprint density at radius 2 is 1.79 bits per heavy atom. The summed E-state index contributed by atoms with van der Waals surface area (Å²) in [6.07, 6.45) is 4.79. The molecular weight excluding hydrogens is 361 g/mol. The maximum atomic E-state index is 14.1. The van der Waals surface area contributed by atoms with Crippen LogP contribution in [0.5, 0.6) is 5.75 Å². The lowest BCUT2D eigenvalue weighted by Gasteiger charge is -2.19. The molecule has 0 saturated heterocycles. The van der Waals surface area contributed by atoms with Gasteiger partial charge < -0.3 is 4.74 Å². The van der Waals surface area contributed by atoms with E-state index in [0.29, 0.717) is 17.8 Å². The van der Waals surface area contributed by atoms with Crippen LogP contribution in [0.3, 0.4) is 0 Å². The summed E-state index contributed by atoms with van der Waals surface area (Å²) in [5.41, 5.74) is 2.62. The van der Waals surface area contributed by atoms with Crippen molar-refractivity contribution in [1.29, 1.82) is 0 Å². The fraction of sp³-hybridized carbons (Fsp3) is 0.346. The predicted octanol–water partition coefficient (Wildman–Crippen LogP) is 7.31. The molecule has 0 amide bonds. The van der Waals surface area contributed by atoms with Gasteiger partial charge in [-0.05, 0) is 78.1 Å². The first kappa shape index (κ1) is 19.5. The number of benzene rings is 3. The standard InChI is InChI=1S/C26H26FNO/c1-18(23-13-14-26(27)25-6-4-3-5-24(23)25)15-19-7-8-21(16-19)20-9-11-22(12-10-20)29-17-28-2/h3-6,9-14,18-19,21H,7-8,15-17H2,1H3/t18-,19+,21+/m0/s1. The minimum absolute atomic E-state index is 0.0702. The third kappa shape index (κ3) is 4.27. The van der Waals surface area contributed by atoms with E-state index >= 15 is 0 Å². The van der Waals surface area contributed by atoms with Crippen molar-refractivity contribution in [3.8, 4) is 5.75 Å². The summed E-state index contributed by atoms with van der Waals surface area (Å²) in [7, 11) is 0. The van der Waals surface area contributed by atoms with Crippen LogP contribution in [0.15, 0.2) is 60.7 Å². The largest absolute Gasteiger partial charge is 0.426 e. The van der Waals surface area contributed by atoms with E-state index in [0.717, 1.165) is 22.9 Å². The number of hydrogen-bond acceptors (Lipinski definition) is 1. The monoisotopic (exact) mass is 387 g/mol. The van der Waals surface area contributed by atoms with Crippen molar-refractivity contribution in [2.45, 2.75) is 44.4 Å². The molecule has 0 N–H and O–H groups in total. The molecule has 0 spiro atoms. The Kier molecular flexibility index (Phi) is 5.81. The van der Waals surface area contributed by atoms with Gasteiger partial charge in [0, 0.05) is 5.39 Å². The van der Waals surface area contributed by atoms with Crippen LogP contribution in [-0.4, -0.2) is 6.73 Å². The Bertz CT molecular complexity index is 1020. The van der Waals surface area contributed by atoms with E-state index in [1.807, 2.05) is 42.5 Å². The van der Waals surface area contributed by atoms with Gasteiger partial charge in [0.15, 0.2) is 0 Å². The van der Waals surface area contributed by atoms with Gasteiger partial charge in [0.2, 0.25) is 0 Å². The van der Waals surface area contributed by atoms with E-state index in [1.54, 1.807) is 6.07 Å². The molecule has 0 aliphatic heterocycles. The van der Waals surface area contributed by atoms with E-state index < -0.39 is 0 Å². The third-order valence-electron chi connectivity index (χ3n) is 6.31. The van der Waals surface area contributed by atoms with Crippen LogP contribution >= 0.6 is 0 Å². The van der Waals surface area contributed by atoms with Crippen molar-refractivity contribution >= 4 is 10.8 Å². The fourth-order valence-corrected chi connectivity index (χ4v) is 4.88. The molecule has 2 nitrogen and oxygen atoms in total. The van der Waals surface area contributed by atoms with Gasteiger partial charge >= 0.3 is 6.73 Å². The quantitative estimate of drug-likeness (QED) is 0.404. The van der Waals surface area contributed by atoms with Gasteiger partial charge in [0.05, 0.1) is 0 Å². The molecule has 4 rings (SSSR count). The minimum Gasteiger partial charge on any atom is -0.426 e. The van der Waals surface area contributed by atoms with Crippen molar-refractivity contribution in [3.63, 3.8) is 0 Å². The molecule has 0 radical (unpaired) electrons. The lowest BCUT2D eigenvalue weighted by atomic mass is 9.86. The van der Waals surface area contributed by atoms with Crippen molar-refractivity contribution in [2.75, 3.05) is 6.73 Å². The van der Waals surface area contributed by atoms with E-state index in [9.17, 15) is 4.39 Å². The average Bonchev–Trinajstić information content (AvgIpc) is 3.21. The molecule has 1 saturated carbocycles. The van der Waals surface area contributed by atoms with Gasteiger partial charge in [-0.3, -0.25) is 4.85 Å². The number of ether oxygens (including phenoxy) is 1. The summed E-state index contributed by atoms with van der Waals surface area (Å²) < 4.78 is 19.5. The molecule has 3 atom stereocenters. The lowest BCUT2D eigenvalue weighted by Crippen LogP contribution is -2.04. The van der Waals surface area contributed by atoms with Crippen molar-refractivity contribution < 1.29 is 9.13 Å². The van der Waals surface area contributed by atoms with E-state index in [1.165, 1.54) is 30.4 Å². The van der Waals surface area contributed by atoms with Gasteiger partial charge in [-0.2, -0.15) is 0 Å². The fourth-order valence-electron chi connectivity index (χ4n) is 4.88. The molecule has 1 aliphatic carbocycles. The van der Waals surface area contributed by atoms with Crippen LogP contribution in [0.2, 0.25) is 0 Å². The van der Waals surface area contributed by atoms with Gasteiger partial charge in [-0.1, -0.05) is 49.4 Å². The van der Waals surface area contributed by atoms with Gasteiger partial charge in [-0.25, -0.2) is 11.0 Å². The van der Waals surface area contributed by atoms with Crippen LogP contribution in [0.4, 0.5) is 4.39 Å². The second kappa shape index (κ2) is 8.66. The summed E-state index contributed by atoms with van der Waals surface area (Å²) in [5.74, 6) is 2.31. The molecule has 1 fully saturated rings. The van der Waals surface area contributed by atoms with Crippen LogP contribution in [-0.2, 0) is 0 Å². The lowest BCUT2D eigenvalue weighted by molar-refractivity contribution is 0.361. The summed E-state index contributed by atoms with van der Waals surface area (Å²) in [5, 5.41) is 1.77. The third-order valence-corrected chi connectivity index (χ3v) is 6.31. The predicted molar refractivity (Wildman–Crippen MR) is 116 cm³/mol. The molecule has 1 aliphatic rings. The molecular formula is C26H26FNO. The Labute approximate surface area is 172 Å². The van der Waals surface area contributed by atoms with Crippen LogP contribution in [0, 0.1) is 18.3 Å². The van der Waals surface area contributed by atoms with E-state index in [-0.39, 0.29) is 12.5 Å². The van der Waals surface area contributed by atoms with Gasteiger partial charge in [0.25, 0.3) is 0 Å². The average molecular weight is 387 g/mol. The highest BCUT2D eigenvalue weighted by molar-refractivity contribution is 5.86. The Balaban J connectivity index is 1.42. The topological polar surface area (TPSA) is 13.6 Å². The van der Waals surface area contributed by atoms with Gasteiger partial charge in [-0.15, -0.1) is 0 Å². The zero-order valence-electron chi connectivity index (χ0n) is 16.8. The molecule has 3 heteroatoms. The summed E-state index contributed by atoms with van der Waals surface area (Å²) in [6.45, 7) is 9.15. The van der Waals surface area contributed by atoms with Crippen molar-refractivity contribution in [1.82, 2.24) is 0 Å². The Morgan fingerprint density at radius 1 is 1.03 bits per heavy atom. The Morgan fingerprint density at radius 3 is 2.55 bits per heavy atom. The first-order valence-corrected chi connectivity index (χ1v) is 10.4. The highest BCUT2D eigenvalue weighted by atomic mass is 19.1. The number of fused-ring (bicyclic) bond motifs is 1. The maximum absolute atomic E-state index is 14.1. The zero-order valence-corrected chi connectivity index (χ0v) is 16.8. The molecule has 3 aromatic carbocycles. The smallest absolute Gasteiger partial charge is 0.357 e. The molecule has 148 valence electrons. The Hall–Kier alpha value is -2.86. The van der Waals surface area contributed by atoms with Crippen molar-refractivity contribution in [3.05, 3.63) is 89.0 Å². The molecule has 0 aromatic heterocycles. The number of nitrogens with zero attached hydrogens (tertiary/aromatic N) is 1. The molecule has 3 aromatic rings.